The zero-order valence-electron chi connectivity index (χ0n) is 19.5. The van der Waals surface area contributed by atoms with E-state index in [1.807, 2.05) is 66.1 Å². The molecule has 7 heteroatoms. The number of aryl methyl sites for hydroxylation is 3. The second-order valence-electron chi connectivity index (χ2n) is 8.68. The van der Waals surface area contributed by atoms with E-state index in [1.165, 1.54) is 5.56 Å². The second-order valence-corrected chi connectivity index (χ2v) is 10.3. The number of nitrogens with zero attached hydrogens (tertiary/aromatic N) is 2. The third-order valence-electron chi connectivity index (χ3n) is 5.36. The predicted octanol–water partition coefficient (Wildman–Crippen LogP) is 4.00. The van der Waals surface area contributed by atoms with Crippen molar-refractivity contribution >= 4 is 20.9 Å². The molecule has 0 radical (unpaired) electrons. The minimum Gasteiger partial charge on any atom is -0.497 e. The Kier molecular flexibility index (Phi) is 6.79. The van der Waals surface area contributed by atoms with Crippen molar-refractivity contribution in [2.45, 2.75) is 51.7 Å². The molecule has 0 fully saturated rings. The summed E-state index contributed by atoms with van der Waals surface area (Å²) >= 11 is 0. The maximum Gasteiger partial charge on any atom is 0.241 e. The number of hydrogen-bond acceptors (Lipinski definition) is 4. The molecule has 1 atom stereocenters. The highest BCUT2D eigenvalue weighted by Gasteiger charge is 2.23. The molecule has 1 heterocycles. The monoisotopic (exact) mass is 443 g/mol. The van der Waals surface area contributed by atoms with Gasteiger partial charge < -0.3 is 14.2 Å². The van der Waals surface area contributed by atoms with Crippen LogP contribution in [0.2, 0.25) is 0 Å². The summed E-state index contributed by atoms with van der Waals surface area (Å²) in [5.41, 5.74) is 4.82. The number of sulfonamides is 1. The Morgan fingerprint density at radius 2 is 1.74 bits per heavy atom. The Hall–Kier alpha value is -2.35. The number of methoxy groups -OCH3 is 1. The lowest BCUT2D eigenvalue weighted by molar-refractivity contribution is 0.403. The SMILES string of the molecule is COc1ccc2c(CN(C)C)cn(CC(C)NS(=O)(=O)c3c(C)cc(C)cc3C)c2c1. The smallest absolute Gasteiger partial charge is 0.241 e. The average molecular weight is 444 g/mol. The maximum atomic E-state index is 13.2. The van der Waals surface area contributed by atoms with Crippen LogP contribution in [0.4, 0.5) is 0 Å². The van der Waals surface area contributed by atoms with E-state index in [1.54, 1.807) is 7.11 Å². The molecule has 0 aliphatic rings. The summed E-state index contributed by atoms with van der Waals surface area (Å²) in [4.78, 5) is 2.50. The molecule has 0 aliphatic carbocycles. The number of hydrogen-bond donors (Lipinski definition) is 1. The third kappa shape index (κ3) is 5.11. The van der Waals surface area contributed by atoms with Gasteiger partial charge in [-0.3, -0.25) is 0 Å². The van der Waals surface area contributed by atoms with Gasteiger partial charge in [0.1, 0.15) is 5.75 Å². The van der Waals surface area contributed by atoms with Gasteiger partial charge in [-0.1, -0.05) is 17.7 Å². The highest BCUT2D eigenvalue weighted by Crippen LogP contribution is 2.27. The summed E-state index contributed by atoms with van der Waals surface area (Å²) in [5.74, 6) is 0.780. The van der Waals surface area contributed by atoms with Gasteiger partial charge in [0.15, 0.2) is 0 Å². The van der Waals surface area contributed by atoms with Crippen molar-refractivity contribution in [3.63, 3.8) is 0 Å². The van der Waals surface area contributed by atoms with Crippen LogP contribution in [-0.2, 0) is 23.1 Å². The van der Waals surface area contributed by atoms with E-state index in [-0.39, 0.29) is 6.04 Å². The molecule has 0 spiro atoms. The normalized spacial score (nSPS) is 13.2. The fraction of sp³-hybridized carbons (Fsp3) is 0.417. The van der Waals surface area contributed by atoms with Crippen molar-refractivity contribution in [3.05, 3.63) is 58.8 Å². The van der Waals surface area contributed by atoms with Crippen LogP contribution in [-0.4, -0.2) is 45.1 Å². The first-order valence-electron chi connectivity index (χ1n) is 10.4. The van der Waals surface area contributed by atoms with Crippen molar-refractivity contribution in [1.82, 2.24) is 14.2 Å². The molecule has 168 valence electrons. The second kappa shape index (κ2) is 9.02. The Bertz CT molecular complexity index is 1170. The van der Waals surface area contributed by atoms with Gasteiger partial charge >= 0.3 is 0 Å². The molecule has 1 unspecified atom stereocenters. The van der Waals surface area contributed by atoms with Crippen LogP contribution in [0.3, 0.4) is 0 Å². The molecule has 31 heavy (non-hydrogen) atoms. The topological polar surface area (TPSA) is 63.6 Å². The first kappa shape index (κ1) is 23.3. The molecule has 2 aromatic carbocycles. The Morgan fingerprint density at radius 3 is 2.32 bits per heavy atom. The molecule has 1 N–H and O–H groups in total. The first-order chi connectivity index (χ1) is 14.5. The van der Waals surface area contributed by atoms with E-state index in [9.17, 15) is 8.42 Å². The first-order valence-corrected chi connectivity index (χ1v) is 11.9. The number of nitrogens with one attached hydrogen (secondary N) is 1. The minimum absolute atomic E-state index is 0.292. The molecule has 0 aliphatic heterocycles. The number of benzene rings is 2. The van der Waals surface area contributed by atoms with Gasteiger partial charge in [-0.15, -0.1) is 0 Å². The van der Waals surface area contributed by atoms with Crippen LogP contribution in [0.15, 0.2) is 41.4 Å². The number of fused-ring (bicyclic) bond motifs is 1. The van der Waals surface area contributed by atoms with Gasteiger partial charge in [-0.05, 0) is 70.6 Å². The van der Waals surface area contributed by atoms with E-state index in [0.29, 0.717) is 11.4 Å². The number of ether oxygens (including phenoxy) is 1. The van der Waals surface area contributed by atoms with Crippen LogP contribution >= 0.6 is 0 Å². The molecule has 0 bridgehead atoms. The van der Waals surface area contributed by atoms with Crippen LogP contribution in [0.1, 0.15) is 29.2 Å². The zero-order valence-corrected chi connectivity index (χ0v) is 20.3. The lowest BCUT2D eigenvalue weighted by Crippen LogP contribution is -2.36. The Balaban J connectivity index is 1.92. The van der Waals surface area contributed by atoms with E-state index in [0.717, 1.165) is 39.9 Å². The van der Waals surface area contributed by atoms with Crippen molar-refractivity contribution < 1.29 is 13.2 Å². The van der Waals surface area contributed by atoms with Crippen LogP contribution in [0.25, 0.3) is 10.9 Å². The van der Waals surface area contributed by atoms with Crippen molar-refractivity contribution in [3.8, 4) is 5.75 Å². The van der Waals surface area contributed by atoms with Crippen molar-refractivity contribution in [2.24, 2.45) is 0 Å². The summed E-state index contributed by atoms with van der Waals surface area (Å²) in [6, 6.07) is 9.55. The average Bonchev–Trinajstić information content (AvgIpc) is 2.95. The third-order valence-corrected chi connectivity index (χ3v) is 7.25. The number of aromatic nitrogens is 1. The van der Waals surface area contributed by atoms with Crippen LogP contribution in [0.5, 0.6) is 5.75 Å². The highest BCUT2D eigenvalue weighted by atomic mass is 32.2. The maximum absolute atomic E-state index is 13.2. The lowest BCUT2D eigenvalue weighted by Gasteiger charge is -2.18. The van der Waals surface area contributed by atoms with Crippen LogP contribution < -0.4 is 9.46 Å². The summed E-state index contributed by atoms with van der Waals surface area (Å²) in [5, 5.41) is 1.15. The largest absolute Gasteiger partial charge is 0.497 e. The molecule has 1 aromatic heterocycles. The number of rotatable bonds is 8. The predicted molar refractivity (Wildman–Crippen MR) is 126 cm³/mol. The molecule has 0 saturated carbocycles. The molecule has 0 saturated heterocycles. The van der Waals surface area contributed by atoms with Gasteiger partial charge in [0.05, 0.1) is 17.5 Å². The molecule has 3 aromatic rings. The van der Waals surface area contributed by atoms with Gasteiger partial charge in [-0.25, -0.2) is 13.1 Å². The molecular formula is C24H33N3O3S. The van der Waals surface area contributed by atoms with Crippen molar-refractivity contribution in [2.75, 3.05) is 21.2 Å². The van der Waals surface area contributed by atoms with Gasteiger partial charge in [0, 0.05) is 36.8 Å². The van der Waals surface area contributed by atoms with Crippen LogP contribution in [0, 0.1) is 20.8 Å². The Labute approximate surface area is 185 Å². The molecule has 3 rings (SSSR count). The lowest BCUT2D eigenvalue weighted by atomic mass is 10.1. The fourth-order valence-corrected chi connectivity index (χ4v) is 6.03. The Morgan fingerprint density at radius 1 is 1.10 bits per heavy atom. The van der Waals surface area contributed by atoms with E-state index >= 15 is 0 Å². The van der Waals surface area contributed by atoms with E-state index < -0.39 is 10.0 Å². The molecule has 0 amide bonds. The summed E-state index contributed by atoms with van der Waals surface area (Å²) in [7, 11) is 2.09. The van der Waals surface area contributed by atoms with Crippen molar-refractivity contribution in [1.29, 1.82) is 0 Å². The molecular weight excluding hydrogens is 410 g/mol. The summed E-state index contributed by atoms with van der Waals surface area (Å²) in [6.45, 7) is 8.88. The quantitative estimate of drug-likeness (QED) is 0.572. The van der Waals surface area contributed by atoms with Gasteiger partial charge in [0.25, 0.3) is 0 Å². The van der Waals surface area contributed by atoms with E-state index in [4.69, 9.17) is 4.74 Å². The highest BCUT2D eigenvalue weighted by molar-refractivity contribution is 7.89. The standard InChI is InChI=1S/C24H33N3O3S/c1-16-10-17(2)24(18(3)11-16)31(28,29)25-19(4)13-27-15-20(14-26(5)6)22-9-8-21(30-7)12-23(22)27/h8-12,15,19,25H,13-14H2,1-7H3. The summed E-state index contributed by atoms with van der Waals surface area (Å²) in [6.07, 6.45) is 2.11. The summed E-state index contributed by atoms with van der Waals surface area (Å²) < 4.78 is 36.7. The zero-order chi connectivity index (χ0) is 22.9. The molecule has 6 nitrogen and oxygen atoms in total. The van der Waals surface area contributed by atoms with Gasteiger partial charge in [0.2, 0.25) is 10.0 Å². The fourth-order valence-electron chi connectivity index (χ4n) is 4.34. The van der Waals surface area contributed by atoms with Gasteiger partial charge in [-0.2, -0.15) is 0 Å². The van der Waals surface area contributed by atoms with E-state index in [2.05, 4.69) is 26.5 Å². The minimum atomic E-state index is -3.63.